The highest BCUT2D eigenvalue weighted by Crippen LogP contribution is 2.39. The molecule has 0 radical (unpaired) electrons. The molecule has 0 aliphatic rings. The minimum absolute atomic E-state index is 0.0711. The number of carbonyl (C=O) groups is 2. The molecule has 1 aromatic heterocycles. The molecular formula is C28H31FN2O6S. The summed E-state index contributed by atoms with van der Waals surface area (Å²) in [7, 11) is -1.89. The third-order valence-electron chi connectivity index (χ3n) is 6.26. The fraction of sp³-hybridized carbons (Fsp3) is 0.321. The first kappa shape index (κ1) is 28.8. The SMILES string of the molecule is CCS(=O)(=O)Cc1ccc(C(=O)c2ccc(F)cc2)c(-c2cn(C)c(=O)cc2C(NC(=O)O)C(C)(C)C)c1. The van der Waals surface area contributed by atoms with Crippen LogP contribution in [0.5, 0.6) is 0 Å². The summed E-state index contributed by atoms with van der Waals surface area (Å²) in [6.45, 7) is 6.97. The summed E-state index contributed by atoms with van der Waals surface area (Å²) in [6, 6.07) is 10.1. The van der Waals surface area contributed by atoms with Gasteiger partial charge in [-0.25, -0.2) is 17.6 Å². The first-order valence-corrected chi connectivity index (χ1v) is 13.8. The third kappa shape index (κ3) is 6.55. The molecule has 0 saturated heterocycles. The number of nitrogens with zero attached hydrogens (tertiary/aromatic N) is 1. The van der Waals surface area contributed by atoms with Gasteiger partial charge in [0.25, 0.3) is 5.56 Å². The quantitative estimate of drug-likeness (QED) is 0.398. The smallest absolute Gasteiger partial charge is 0.405 e. The largest absolute Gasteiger partial charge is 0.465 e. The van der Waals surface area contributed by atoms with Crippen molar-refractivity contribution in [1.82, 2.24) is 9.88 Å². The maximum atomic E-state index is 13.6. The molecule has 1 heterocycles. The maximum absolute atomic E-state index is 13.6. The van der Waals surface area contributed by atoms with Crippen LogP contribution in [0.15, 0.2) is 59.5 Å². The lowest BCUT2D eigenvalue weighted by Crippen LogP contribution is -2.37. The fourth-order valence-electron chi connectivity index (χ4n) is 4.21. The van der Waals surface area contributed by atoms with E-state index in [4.69, 9.17) is 0 Å². The molecule has 0 bridgehead atoms. The van der Waals surface area contributed by atoms with Crippen molar-refractivity contribution >= 4 is 21.7 Å². The summed E-state index contributed by atoms with van der Waals surface area (Å²) in [4.78, 5) is 38.0. The summed E-state index contributed by atoms with van der Waals surface area (Å²) in [6.07, 6.45) is 0.219. The molecule has 0 spiro atoms. The highest BCUT2D eigenvalue weighted by Gasteiger charge is 2.32. The summed E-state index contributed by atoms with van der Waals surface area (Å²) < 4.78 is 39.6. The molecule has 0 aliphatic carbocycles. The number of aryl methyl sites for hydroxylation is 1. The van der Waals surface area contributed by atoms with Gasteiger partial charge in [-0.2, -0.15) is 0 Å². The summed E-state index contributed by atoms with van der Waals surface area (Å²) in [5.41, 5.74) is 0.825. The molecule has 10 heteroatoms. The Morgan fingerprint density at radius 2 is 1.68 bits per heavy atom. The van der Waals surface area contributed by atoms with Crippen LogP contribution in [0.2, 0.25) is 0 Å². The standard InChI is InChI=1S/C28H31FN2O6S/c1-6-38(36,37)16-17-7-12-20(25(33)18-8-10-19(29)11-9-18)21(13-17)23-15-31(5)24(32)14-22(23)26(28(2,3)4)30-27(34)35/h7-15,26,30H,6,16H2,1-5H3,(H,34,35). The van der Waals surface area contributed by atoms with E-state index in [0.717, 1.165) is 0 Å². The van der Waals surface area contributed by atoms with E-state index in [1.807, 2.05) is 20.8 Å². The van der Waals surface area contributed by atoms with Crippen LogP contribution in [0.25, 0.3) is 11.1 Å². The molecule has 3 rings (SSSR count). The molecule has 1 atom stereocenters. The predicted molar refractivity (Wildman–Crippen MR) is 143 cm³/mol. The second kappa shape index (κ2) is 10.9. The molecule has 202 valence electrons. The fourth-order valence-corrected chi connectivity index (χ4v) is 5.10. The zero-order chi connectivity index (χ0) is 28.4. The number of benzene rings is 2. The van der Waals surface area contributed by atoms with Gasteiger partial charge in [-0.05, 0) is 52.4 Å². The van der Waals surface area contributed by atoms with Crippen molar-refractivity contribution < 1.29 is 27.5 Å². The van der Waals surface area contributed by atoms with Crippen LogP contribution in [0.1, 0.15) is 60.8 Å². The van der Waals surface area contributed by atoms with Crippen molar-refractivity contribution in [2.45, 2.75) is 39.5 Å². The van der Waals surface area contributed by atoms with Gasteiger partial charge in [0, 0.05) is 41.8 Å². The lowest BCUT2D eigenvalue weighted by Gasteiger charge is -2.32. The number of carboxylic acid groups (broad SMARTS) is 1. The number of amides is 1. The molecule has 0 saturated carbocycles. The van der Waals surface area contributed by atoms with Crippen LogP contribution >= 0.6 is 0 Å². The summed E-state index contributed by atoms with van der Waals surface area (Å²) >= 11 is 0. The van der Waals surface area contributed by atoms with Gasteiger partial charge < -0.3 is 15.0 Å². The first-order chi connectivity index (χ1) is 17.6. The lowest BCUT2D eigenvalue weighted by molar-refractivity contribution is 0.103. The molecular weight excluding hydrogens is 511 g/mol. The maximum Gasteiger partial charge on any atom is 0.405 e. The molecule has 1 amide bonds. The van der Waals surface area contributed by atoms with Crippen LogP contribution in [-0.2, 0) is 22.6 Å². The normalized spacial score (nSPS) is 12.7. The van der Waals surface area contributed by atoms with Crippen LogP contribution < -0.4 is 10.9 Å². The van der Waals surface area contributed by atoms with E-state index < -0.39 is 39.0 Å². The number of aromatic nitrogens is 1. The Kier molecular flexibility index (Phi) is 8.26. The van der Waals surface area contributed by atoms with Crippen molar-refractivity contribution in [1.29, 1.82) is 0 Å². The predicted octanol–water partition coefficient (Wildman–Crippen LogP) is 4.71. The number of ketones is 1. The highest BCUT2D eigenvalue weighted by atomic mass is 32.2. The minimum Gasteiger partial charge on any atom is -0.465 e. The number of hydrogen-bond acceptors (Lipinski definition) is 5. The number of nitrogens with one attached hydrogen (secondary N) is 1. The van der Waals surface area contributed by atoms with Crippen LogP contribution in [0, 0.1) is 11.2 Å². The van der Waals surface area contributed by atoms with Crippen molar-refractivity contribution in [2.24, 2.45) is 12.5 Å². The van der Waals surface area contributed by atoms with E-state index >= 15 is 0 Å². The molecule has 8 nitrogen and oxygen atoms in total. The topological polar surface area (TPSA) is 123 Å². The zero-order valence-corrected chi connectivity index (χ0v) is 22.7. The average molecular weight is 543 g/mol. The number of rotatable bonds is 8. The molecule has 1 unspecified atom stereocenters. The van der Waals surface area contributed by atoms with E-state index in [-0.39, 0.29) is 28.2 Å². The van der Waals surface area contributed by atoms with Gasteiger partial charge in [0.1, 0.15) is 5.82 Å². The van der Waals surface area contributed by atoms with Crippen molar-refractivity contribution in [3.63, 3.8) is 0 Å². The Hall–Kier alpha value is -3.79. The molecule has 0 fully saturated rings. The van der Waals surface area contributed by atoms with E-state index in [2.05, 4.69) is 5.32 Å². The third-order valence-corrected chi connectivity index (χ3v) is 7.91. The van der Waals surface area contributed by atoms with Gasteiger partial charge in [-0.1, -0.05) is 39.8 Å². The molecule has 2 aromatic carbocycles. The zero-order valence-electron chi connectivity index (χ0n) is 21.9. The molecule has 0 aliphatic heterocycles. The summed E-state index contributed by atoms with van der Waals surface area (Å²) in [5.74, 6) is -1.28. The Labute approximate surface area is 221 Å². The first-order valence-electron chi connectivity index (χ1n) is 12.0. The molecule has 2 N–H and O–H groups in total. The second-order valence-corrected chi connectivity index (χ2v) is 12.6. The Morgan fingerprint density at radius 3 is 2.24 bits per heavy atom. The van der Waals surface area contributed by atoms with Gasteiger partial charge in [-0.15, -0.1) is 0 Å². The summed E-state index contributed by atoms with van der Waals surface area (Å²) in [5, 5.41) is 12.0. The van der Waals surface area contributed by atoms with Crippen LogP contribution in [-0.4, -0.2) is 35.7 Å². The average Bonchev–Trinajstić information content (AvgIpc) is 2.83. The number of carbonyl (C=O) groups excluding carboxylic acids is 1. The van der Waals surface area contributed by atoms with Crippen LogP contribution in [0.3, 0.4) is 0 Å². The van der Waals surface area contributed by atoms with Crippen molar-refractivity contribution in [2.75, 3.05) is 5.75 Å². The Bertz CT molecular complexity index is 1540. The van der Waals surface area contributed by atoms with Crippen molar-refractivity contribution in [3.8, 4) is 11.1 Å². The number of sulfone groups is 1. The second-order valence-electron chi connectivity index (χ2n) is 10.2. The highest BCUT2D eigenvalue weighted by molar-refractivity contribution is 7.90. The Balaban J connectivity index is 2.37. The van der Waals surface area contributed by atoms with E-state index in [9.17, 15) is 32.3 Å². The van der Waals surface area contributed by atoms with Crippen LogP contribution in [0.4, 0.5) is 9.18 Å². The number of pyridine rings is 1. The van der Waals surface area contributed by atoms with Gasteiger partial charge >= 0.3 is 6.09 Å². The van der Waals surface area contributed by atoms with Gasteiger partial charge in [-0.3, -0.25) is 9.59 Å². The lowest BCUT2D eigenvalue weighted by atomic mass is 9.79. The Morgan fingerprint density at radius 1 is 1.05 bits per heavy atom. The van der Waals surface area contributed by atoms with Gasteiger partial charge in [0.05, 0.1) is 11.8 Å². The molecule has 3 aromatic rings. The number of hydrogen-bond donors (Lipinski definition) is 2. The van der Waals surface area contributed by atoms with E-state index in [0.29, 0.717) is 22.3 Å². The monoisotopic (exact) mass is 542 g/mol. The number of halogens is 1. The van der Waals surface area contributed by atoms with Gasteiger partial charge in [0.15, 0.2) is 15.6 Å². The van der Waals surface area contributed by atoms with Gasteiger partial charge in [0.2, 0.25) is 0 Å². The molecule has 38 heavy (non-hydrogen) atoms. The van der Waals surface area contributed by atoms with E-state index in [1.165, 1.54) is 54.2 Å². The van der Waals surface area contributed by atoms with E-state index in [1.54, 1.807) is 19.1 Å². The minimum atomic E-state index is -3.41. The van der Waals surface area contributed by atoms with Crippen molar-refractivity contribution in [3.05, 3.63) is 93.2 Å².